The number of hydrogen-bond acceptors (Lipinski definition) is 6. The quantitative estimate of drug-likeness (QED) is 0.635. The van der Waals surface area contributed by atoms with Crippen LogP contribution in [0.1, 0.15) is 34.5 Å². The molecule has 3 heterocycles. The number of amides is 1. The summed E-state index contributed by atoms with van der Waals surface area (Å²) in [6.07, 6.45) is 5.18. The van der Waals surface area contributed by atoms with Gasteiger partial charge in [-0.15, -0.1) is 11.8 Å². The molecule has 1 aliphatic heterocycles. The first-order chi connectivity index (χ1) is 15.1. The number of nitriles is 1. The number of anilines is 2. The van der Waals surface area contributed by atoms with Crippen molar-refractivity contribution in [3.63, 3.8) is 0 Å². The molecule has 2 aromatic heterocycles. The Hall–Kier alpha value is -3.37. The van der Waals surface area contributed by atoms with Crippen LogP contribution in [-0.2, 0) is 0 Å². The number of rotatable bonds is 5. The number of nitrogens with zero attached hydrogens (tertiary/aromatic N) is 4. The van der Waals surface area contributed by atoms with Gasteiger partial charge in [0, 0.05) is 35.6 Å². The van der Waals surface area contributed by atoms with Crippen molar-refractivity contribution in [1.82, 2.24) is 9.97 Å². The molecule has 4 rings (SSSR count). The van der Waals surface area contributed by atoms with Gasteiger partial charge in [0.15, 0.2) is 5.82 Å². The van der Waals surface area contributed by atoms with E-state index >= 15 is 0 Å². The molecule has 1 N–H and O–H groups in total. The lowest BCUT2D eigenvalue weighted by atomic mass is 10.1. The summed E-state index contributed by atoms with van der Waals surface area (Å²) in [6.45, 7) is 3.78. The van der Waals surface area contributed by atoms with Crippen molar-refractivity contribution in [2.24, 2.45) is 0 Å². The van der Waals surface area contributed by atoms with Crippen LogP contribution < -0.4 is 10.2 Å². The van der Waals surface area contributed by atoms with Gasteiger partial charge in [-0.05, 0) is 50.1 Å². The lowest BCUT2D eigenvalue weighted by Crippen LogP contribution is -2.36. The third-order valence-electron chi connectivity index (χ3n) is 5.21. The van der Waals surface area contributed by atoms with Gasteiger partial charge in [-0.2, -0.15) is 5.26 Å². The van der Waals surface area contributed by atoms with Crippen molar-refractivity contribution in [2.75, 3.05) is 23.3 Å². The number of benzene rings is 1. The molecular formula is C24H23N5OS. The minimum atomic E-state index is -0.316. The van der Waals surface area contributed by atoms with E-state index in [1.165, 1.54) is 10.5 Å². The van der Waals surface area contributed by atoms with E-state index in [0.29, 0.717) is 28.0 Å². The highest BCUT2D eigenvalue weighted by atomic mass is 32.2. The van der Waals surface area contributed by atoms with Crippen molar-refractivity contribution < 1.29 is 4.79 Å². The normalized spacial score (nSPS) is 14.1. The second kappa shape index (κ2) is 9.63. The SMILES string of the molecule is Cc1ccc(SC2CCN(c3ncc(C#N)cc3NC(=O)c3ccccn3)CC2)cc1. The summed E-state index contributed by atoms with van der Waals surface area (Å²) >= 11 is 1.92. The lowest BCUT2D eigenvalue weighted by molar-refractivity contribution is 0.102. The first-order valence-electron chi connectivity index (χ1n) is 10.2. The average Bonchev–Trinajstić information content (AvgIpc) is 2.81. The number of thioether (sulfide) groups is 1. The van der Waals surface area contributed by atoms with Crippen molar-refractivity contribution in [2.45, 2.75) is 29.9 Å². The fraction of sp³-hybridized carbons (Fsp3) is 0.250. The molecule has 0 atom stereocenters. The number of aromatic nitrogens is 2. The summed E-state index contributed by atoms with van der Waals surface area (Å²) in [5.41, 5.74) is 2.54. The summed E-state index contributed by atoms with van der Waals surface area (Å²) in [6, 6.07) is 17.6. The van der Waals surface area contributed by atoms with Crippen LogP contribution in [0.3, 0.4) is 0 Å². The van der Waals surface area contributed by atoms with Crippen LogP contribution in [0, 0.1) is 18.3 Å². The van der Waals surface area contributed by atoms with E-state index < -0.39 is 0 Å². The maximum Gasteiger partial charge on any atom is 0.274 e. The summed E-state index contributed by atoms with van der Waals surface area (Å²) in [7, 11) is 0. The molecule has 0 aliphatic carbocycles. The summed E-state index contributed by atoms with van der Waals surface area (Å²) in [5, 5.41) is 12.7. The van der Waals surface area contributed by atoms with Gasteiger partial charge in [-0.25, -0.2) is 4.98 Å². The summed E-state index contributed by atoms with van der Waals surface area (Å²) in [5.74, 6) is 0.380. The first-order valence-corrected chi connectivity index (χ1v) is 11.1. The Bertz CT molecular complexity index is 1090. The zero-order chi connectivity index (χ0) is 21.6. The van der Waals surface area contributed by atoms with E-state index in [-0.39, 0.29) is 5.91 Å². The smallest absolute Gasteiger partial charge is 0.274 e. The molecule has 1 amide bonds. The van der Waals surface area contributed by atoms with Gasteiger partial charge in [-0.3, -0.25) is 9.78 Å². The van der Waals surface area contributed by atoms with Crippen LogP contribution in [-0.4, -0.2) is 34.2 Å². The molecule has 31 heavy (non-hydrogen) atoms. The fourth-order valence-electron chi connectivity index (χ4n) is 3.54. The molecule has 1 saturated heterocycles. The van der Waals surface area contributed by atoms with Crippen molar-refractivity contribution in [1.29, 1.82) is 5.26 Å². The summed E-state index contributed by atoms with van der Waals surface area (Å²) in [4.78, 5) is 24.7. The largest absolute Gasteiger partial charge is 0.355 e. The molecule has 1 aliphatic rings. The van der Waals surface area contributed by atoms with Crippen LogP contribution in [0.2, 0.25) is 0 Å². The van der Waals surface area contributed by atoms with Gasteiger partial charge in [0.2, 0.25) is 0 Å². The predicted octanol–water partition coefficient (Wildman–Crippen LogP) is 4.67. The second-order valence-corrected chi connectivity index (χ2v) is 8.87. The molecule has 6 nitrogen and oxygen atoms in total. The van der Waals surface area contributed by atoms with Crippen LogP contribution >= 0.6 is 11.8 Å². The molecule has 1 fully saturated rings. The summed E-state index contributed by atoms with van der Waals surface area (Å²) < 4.78 is 0. The molecule has 156 valence electrons. The number of carbonyl (C=O) groups excluding carboxylic acids is 1. The maximum absolute atomic E-state index is 12.6. The fourth-order valence-corrected chi connectivity index (χ4v) is 4.67. The van der Waals surface area contributed by atoms with Gasteiger partial charge < -0.3 is 10.2 Å². The maximum atomic E-state index is 12.6. The molecule has 3 aromatic rings. The Morgan fingerprint density at radius 1 is 1.16 bits per heavy atom. The zero-order valence-electron chi connectivity index (χ0n) is 17.3. The van der Waals surface area contributed by atoms with Gasteiger partial charge in [0.05, 0.1) is 11.3 Å². The van der Waals surface area contributed by atoms with Gasteiger partial charge in [0.1, 0.15) is 11.8 Å². The van der Waals surface area contributed by atoms with Crippen LogP contribution in [0.25, 0.3) is 0 Å². The number of piperidine rings is 1. The Kier molecular flexibility index (Phi) is 6.48. The van der Waals surface area contributed by atoms with Crippen molar-refractivity contribution in [3.8, 4) is 6.07 Å². The van der Waals surface area contributed by atoms with Crippen molar-refractivity contribution >= 4 is 29.2 Å². The molecular weight excluding hydrogens is 406 g/mol. The molecule has 7 heteroatoms. The Morgan fingerprint density at radius 2 is 1.94 bits per heavy atom. The standard InChI is InChI=1S/C24H23N5OS/c1-17-5-7-19(8-6-17)31-20-9-12-29(13-10-20)23-22(14-18(15-25)16-27-23)28-24(30)21-4-2-3-11-26-21/h2-8,11,14,16,20H,9-10,12-13H2,1H3,(H,28,30). The second-order valence-electron chi connectivity index (χ2n) is 7.49. The van der Waals surface area contributed by atoms with E-state index in [1.807, 2.05) is 11.8 Å². The molecule has 0 unspecified atom stereocenters. The Labute approximate surface area is 186 Å². The van der Waals surface area contributed by atoms with E-state index in [2.05, 4.69) is 57.4 Å². The predicted molar refractivity (Wildman–Crippen MR) is 123 cm³/mol. The lowest BCUT2D eigenvalue weighted by Gasteiger charge is -2.33. The van der Waals surface area contributed by atoms with Crippen LogP contribution in [0.4, 0.5) is 11.5 Å². The topological polar surface area (TPSA) is 81.9 Å². The van der Waals surface area contributed by atoms with Gasteiger partial charge in [-0.1, -0.05) is 23.8 Å². The minimum Gasteiger partial charge on any atom is -0.355 e. The number of hydrogen-bond donors (Lipinski definition) is 1. The number of aryl methyl sites for hydroxylation is 1. The van der Waals surface area contributed by atoms with E-state index in [0.717, 1.165) is 25.9 Å². The molecule has 0 spiro atoms. The van der Waals surface area contributed by atoms with Crippen LogP contribution in [0.15, 0.2) is 65.8 Å². The number of nitrogens with one attached hydrogen (secondary N) is 1. The Morgan fingerprint density at radius 3 is 2.61 bits per heavy atom. The zero-order valence-corrected chi connectivity index (χ0v) is 18.1. The third-order valence-corrected chi connectivity index (χ3v) is 6.56. The first kappa shape index (κ1) is 20.9. The molecule has 1 aromatic carbocycles. The Balaban J connectivity index is 1.46. The highest BCUT2D eigenvalue weighted by Gasteiger charge is 2.24. The van der Waals surface area contributed by atoms with E-state index in [1.54, 1.807) is 36.7 Å². The molecule has 0 radical (unpaired) electrons. The van der Waals surface area contributed by atoms with E-state index in [4.69, 9.17) is 0 Å². The third kappa shape index (κ3) is 5.22. The van der Waals surface area contributed by atoms with Crippen LogP contribution in [0.5, 0.6) is 0 Å². The number of pyridine rings is 2. The van der Waals surface area contributed by atoms with Gasteiger partial charge in [0.25, 0.3) is 5.91 Å². The van der Waals surface area contributed by atoms with Gasteiger partial charge >= 0.3 is 0 Å². The average molecular weight is 430 g/mol. The van der Waals surface area contributed by atoms with E-state index in [9.17, 15) is 10.1 Å². The molecule has 0 saturated carbocycles. The highest BCUT2D eigenvalue weighted by Crippen LogP contribution is 2.33. The number of carbonyl (C=O) groups is 1. The van der Waals surface area contributed by atoms with Crippen molar-refractivity contribution in [3.05, 3.63) is 77.7 Å². The molecule has 0 bridgehead atoms. The minimum absolute atomic E-state index is 0.316. The highest BCUT2D eigenvalue weighted by molar-refractivity contribution is 8.00. The monoisotopic (exact) mass is 429 g/mol.